The maximum Gasteiger partial charge on any atom is 0.273 e. The first-order valence-corrected chi connectivity index (χ1v) is 5.10. The highest BCUT2D eigenvalue weighted by Crippen LogP contribution is 2.32. The third kappa shape index (κ3) is 3.86. The number of rotatable bonds is 3. The van der Waals surface area contributed by atoms with E-state index in [0.29, 0.717) is 6.42 Å². The van der Waals surface area contributed by atoms with Crippen LogP contribution in [0.25, 0.3) is 0 Å². The predicted octanol–water partition coefficient (Wildman–Crippen LogP) is 4.60. The van der Waals surface area contributed by atoms with Crippen molar-refractivity contribution in [3.63, 3.8) is 0 Å². The van der Waals surface area contributed by atoms with Crippen molar-refractivity contribution in [2.24, 2.45) is 0 Å². The fourth-order valence-corrected chi connectivity index (χ4v) is 1.14. The van der Waals surface area contributed by atoms with Crippen molar-refractivity contribution in [3.8, 4) is 0 Å². The first-order valence-electron chi connectivity index (χ1n) is 5.10. The molecule has 0 fully saturated rings. The van der Waals surface area contributed by atoms with Crippen LogP contribution < -0.4 is 0 Å². The van der Waals surface area contributed by atoms with E-state index in [4.69, 9.17) is 0 Å². The monoisotopic (exact) mass is 200 g/mol. The highest BCUT2D eigenvalue weighted by atomic mass is 19.3. The summed E-state index contributed by atoms with van der Waals surface area (Å²) in [7, 11) is 0. The number of hydrogen-bond donors (Lipinski definition) is 0. The topological polar surface area (TPSA) is 0 Å². The van der Waals surface area contributed by atoms with Crippen molar-refractivity contribution >= 4 is 0 Å². The van der Waals surface area contributed by atoms with Gasteiger partial charge >= 0.3 is 0 Å². The third-order valence-electron chi connectivity index (χ3n) is 1.76. The van der Waals surface area contributed by atoms with Gasteiger partial charge < -0.3 is 0 Å². The van der Waals surface area contributed by atoms with Gasteiger partial charge in [-0.25, -0.2) is 8.78 Å². The molecule has 0 aliphatic heterocycles. The predicted molar refractivity (Wildman–Crippen MR) is 56.6 cm³/mol. The summed E-state index contributed by atoms with van der Waals surface area (Å²) >= 11 is 0. The molecule has 0 aromatic heterocycles. The average molecular weight is 200 g/mol. The third-order valence-corrected chi connectivity index (χ3v) is 1.76. The first-order chi connectivity index (χ1) is 6.67. The fourth-order valence-electron chi connectivity index (χ4n) is 1.14. The van der Waals surface area contributed by atoms with Gasteiger partial charge in [-0.15, -0.1) is 0 Å². The first kappa shape index (κ1) is 13.1. The minimum atomic E-state index is -2.66. The van der Waals surface area contributed by atoms with Gasteiger partial charge in [0.25, 0.3) is 5.92 Å². The summed E-state index contributed by atoms with van der Waals surface area (Å²) in [6.07, 6.45) is 0.429. The lowest BCUT2D eigenvalue weighted by Gasteiger charge is -2.14. The Morgan fingerprint density at radius 3 is 2.00 bits per heavy atom. The van der Waals surface area contributed by atoms with E-state index in [1.807, 2.05) is 13.8 Å². The Morgan fingerprint density at radius 2 is 1.57 bits per heavy atom. The summed E-state index contributed by atoms with van der Waals surface area (Å²) in [6.45, 7) is 5.76. The largest absolute Gasteiger partial charge is 0.273 e. The molecule has 0 saturated carbocycles. The van der Waals surface area contributed by atoms with Crippen LogP contribution in [0.15, 0.2) is 30.3 Å². The van der Waals surface area contributed by atoms with E-state index < -0.39 is 5.92 Å². The Hall–Kier alpha value is -0.920. The second-order valence-electron chi connectivity index (χ2n) is 2.82. The fraction of sp³-hybridized carbons (Fsp3) is 0.500. The normalized spacial score (nSPS) is 10.4. The highest BCUT2D eigenvalue weighted by Gasteiger charge is 2.29. The molecule has 0 amide bonds. The second kappa shape index (κ2) is 6.52. The van der Waals surface area contributed by atoms with Gasteiger partial charge in [0.1, 0.15) is 0 Å². The van der Waals surface area contributed by atoms with Crippen molar-refractivity contribution in [3.05, 3.63) is 35.9 Å². The zero-order valence-corrected chi connectivity index (χ0v) is 9.06. The number of halogens is 2. The van der Waals surface area contributed by atoms with Crippen LogP contribution in [-0.2, 0) is 5.92 Å². The quantitative estimate of drug-likeness (QED) is 0.668. The van der Waals surface area contributed by atoms with Gasteiger partial charge in [0.05, 0.1) is 0 Å². The lowest BCUT2D eigenvalue weighted by molar-refractivity contribution is -0.0140. The molecule has 0 bridgehead atoms. The summed E-state index contributed by atoms with van der Waals surface area (Å²) in [4.78, 5) is 0. The molecular weight excluding hydrogens is 182 g/mol. The van der Waals surface area contributed by atoms with E-state index in [1.165, 1.54) is 12.1 Å². The van der Waals surface area contributed by atoms with Crippen molar-refractivity contribution in [2.45, 2.75) is 39.5 Å². The average Bonchev–Trinajstić information content (AvgIpc) is 2.22. The van der Waals surface area contributed by atoms with Crippen LogP contribution in [0, 0.1) is 0 Å². The number of alkyl halides is 2. The summed E-state index contributed by atoms with van der Waals surface area (Å²) in [5.74, 6) is -2.66. The molecule has 0 aliphatic carbocycles. The van der Waals surface area contributed by atoms with Crippen LogP contribution in [0.3, 0.4) is 0 Å². The second-order valence-corrected chi connectivity index (χ2v) is 2.82. The van der Waals surface area contributed by atoms with Crippen LogP contribution in [0.4, 0.5) is 8.78 Å². The molecule has 14 heavy (non-hydrogen) atoms. The van der Waals surface area contributed by atoms with Gasteiger partial charge in [-0.1, -0.05) is 57.5 Å². The summed E-state index contributed by atoms with van der Waals surface area (Å²) < 4.78 is 26.3. The van der Waals surface area contributed by atoms with Crippen LogP contribution in [0.1, 0.15) is 39.2 Å². The molecule has 0 nitrogen and oxygen atoms in total. The number of hydrogen-bond acceptors (Lipinski definition) is 0. The van der Waals surface area contributed by atoms with Crippen LogP contribution in [-0.4, -0.2) is 0 Å². The van der Waals surface area contributed by atoms with Gasteiger partial charge in [-0.3, -0.25) is 0 Å². The van der Waals surface area contributed by atoms with Gasteiger partial charge in [-0.2, -0.15) is 0 Å². The Labute approximate surface area is 85.0 Å². The molecule has 0 atom stereocenters. The van der Waals surface area contributed by atoms with Crippen LogP contribution >= 0.6 is 0 Å². The van der Waals surface area contributed by atoms with E-state index in [1.54, 1.807) is 25.1 Å². The molecule has 0 saturated heterocycles. The van der Waals surface area contributed by atoms with Gasteiger partial charge in [0.15, 0.2) is 0 Å². The zero-order chi connectivity index (χ0) is 11.0. The standard InChI is InChI=1S/C10H12F2.C2H6/c1-2-8-10(11,12)9-6-4-3-5-7-9;1-2/h3-7H,2,8H2,1H3;1-2H3. The molecule has 0 radical (unpaired) electrons. The molecule has 80 valence electrons. The molecule has 1 aromatic carbocycles. The van der Waals surface area contributed by atoms with Gasteiger partial charge in [-0.05, 0) is 0 Å². The molecule has 0 unspecified atom stereocenters. The van der Waals surface area contributed by atoms with Crippen molar-refractivity contribution in [2.75, 3.05) is 0 Å². The highest BCUT2D eigenvalue weighted by molar-refractivity contribution is 5.19. The van der Waals surface area contributed by atoms with E-state index in [-0.39, 0.29) is 12.0 Å². The molecule has 1 rings (SSSR count). The SMILES string of the molecule is CC.CCCC(F)(F)c1ccccc1. The summed E-state index contributed by atoms with van der Waals surface area (Å²) in [5, 5.41) is 0. The Morgan fingerprint density at radius 1 is 1.07 bits per heavy atom. The zero-order valence-electron chi connectivity index (χ0n) is 9.06. The molecule has 0 aliphatic rings. The maximum absolute atomic E-state index is 13.2. The minimum Gasteiger partial charge on any atom is -0.201 e. The smallest absolute Gasteiger partial charge is 0.201 e. The molecule has 0 N–H and O–H groups in total. The van der Waals surface area contributed by atoms with Crippen molar-refractivity contribution in [1.29, 1.82) is 0 Å². The van der Waals surface area contributed by atoms with Crippen molar-refractivity contribution < 1.29 is 8.78 Å². The summed E-state index contributed by atoms with van der Waals surface area (Å²) in [6, 6.07) is 7.95. The van der Waals surface area contributed by atoms with Gasteiger partial charge in [0, 0.05) is 12.0 Å². The van der Waals surface area contributed by atoms with E-state index >= 15 is 0 Å². The Balaban J connectivity index is 0.000000791. The van der Waals surface area contributed by atoms with Crippen LogP contribution in [0.2, 0.25) is 0 Å². The van der Waals surface area contributed by atoms with Gasteiger partial charge in [0.2, 0.25) is 0 Å². The Bertz CT molecular complexity index is 229. The maximum atomic E-state index is 13.2. The molecule has 2 heteroatoms. The van der Waals surface area contributed by atoms with E-state index in [0.717, 1.165) is 0 Å². The lowest BCUT2D eigenvalue weighted by Crippen LogP contribution is -2.12. The lowest BCUT2D eigenvalue weighted by atomic mass is 10.0. The molecule has 0 spiro atoms. The van der Waals surface area contributed by atoms with E-state index in [9.17, 15) is 8.78 Å². The molecular formula is C12H18F2. The van der Waals surface area contributed by atoms with E-state index in [2.05, 4.69) is 0 Å². The van der Waals surface area contributed by atoms with Crippen LogP contribution in [0.5, 0.6) is 0 Å². The molecule has 0 heterocycles. The number of benzene rings is 1. The molecule has 1 aromatic rings. The summed E-state index contributed by atoms with van der Waals surface area (Å²) in [5.41, 5.74) is 0.117. The Kier molecular flexibility index (Phi) is 6.09. The minimum absolute atomic E-state index is 0.0724. The van der Waals surface area contributed by atoms with Crippen molar-refractivity contribution in [1.82, 2.24) is 0 Å².